The van der Waals surface area contributed by atoms with E-state index in [9.17, 15) is 9.59 Å². The molecule has 0 saturated heterocycles. The number of carbonyl (C=O) groups is 2. The second-order valence-corrected chi connectivity index (χ2v) is 5.49. The Bertz CT molecular complexity index is 774. The van der Waals surface area contributed by atoms with Crippen molar-refractivity contribution in [2.75, 3.05) is 26.6 Å². The van der Waals surface area contributed by atoms with Crippen LogP contribution >= 0.6 is 0 Å². The Labute approximate surface area is 152 Å². The summed E-state index contributed by atoms with van der Waals surface area (Å²) in [6.45, 7) is 1.79. The lowest BCUT2D eigenvalue weighted by atomic mass is 10.1. The van der Waals surface area contributed by atoms with E-state index in [4.69, 9.17) is 14.2 Å². The lowest BCUT2D eigenvalue weighted by Gasteiger charge is -2.15. The molecule has 0 heterocycles. The Morgan fingerprint density at radius 2 is 1.46 bits per heavy atom. The molecular formula is C19H22N2O5. The second-order valence-electron chi connectivity index (χ2n) is 5.49. The van der Waals surface area contributed by atoms with Gasteiger partial charge in [0.1, 0.15) is 17.2 Å². The zero-order valence-electron chi connectivity index (χ0n) is 15.2. The van der Waals surface area contributed by atoms with Crippen LogP contribution in [-0.2, 0) is 9.59 Å². The third-order valence-electron chi connectivity index (χ3n) is 3.83. The standard InChI is InChI=1S/C19H22N2O5/c1-12(13-5-7-14(24-2)8-6-13)20-18(22)19(23)21-16-10-9-15(25-3)11-17(16)26-4/h5-12H,1-4H3,(H,20,22)(H,21,23)/t12-/m1/s1. The monoisotopic (exact) mass is 358 g/mol. The van der Waals surface area contributed by atoms with Gasteiger partial charge in [-0.3, -0.25) is 9.59 Å². The van der Waals surface area contributed by atoms with E-state index in [0.717, 1.165) is 11.3 Å². The smallest absolute Gasteiger partial charge is 0.313 e. The highest BCUT2D eigenvalue weighted by atomic mass is 16.5. The molecule has 0 spiro atoms. The molecule has 2 rings (SSSR count). The van der Waals surface area contributed by atoms with E-state index >= 15 is 0 Å². The van der Waals surface area contributed by atoms with Crippen LogP contribution < -0.4 is 24.8 Å². The highest BCUT2D eigenvalue weighted by Gasteiger charge is 2.19. The maximum Gasteiger partial charge on any atom is 0.313 e. The summed E-state index contributed by atoms with van der Waals surface area (Å²) in [6, 6.07) is 11.8. The Kier molecular flexibility index (Phi) is 6.43. The lowest BCUT2D eigenvalue weighted by Crippen LogP contribution is -2.37. The zero-order chi connectivity index (χ0) is 19.1. The van der Waals surface area contributed by atoms with Gasteiger partial charge < -0.3 is 24.8 Å². The van der Waals surface area contributed by atoms with Crippen molar-refractivity contribution in [3.8, 4) is 17.2 Å². The van der Waals surface area contributed by atoms with E-state index in [2.05, 4.69) is 10.6 Å². The summed E-state index contributed by atoms with van der Waals surface area (Å²) < 4.78 is 15.4. The fourth-order valence-corrected chi connectivity index (χ4v) is 2.32. The highest BCUT2D eigenvalue weighted by molar-refractivity contribution is 6.39. The third-order valence-corrected chi connectivity index (χ3v) is 3.83. The molecule has 0 bridgehead atoms. The molecule has 0 unspecified atom stereocenters. The van der Waals surface area contributed by atoms with Crippen molar-refractivity contribution >= 4 is 17.5 Å². The molecule has 0 saturated carbocycles. The van der Waals surface area contributed by atoms with Crippen molar-refractivity contribution in [3.05, 3.63) is 48.0 Å². The van der Waals surface area contributed by atoms with Crippen molar-refractivity contribution in [2.45, 2.75) is 13.0 Å². The van der Waals surface area contributed by atoms with E-state index in [-0.39, 0.29) is 6.04 Å². The third kappa shape index (κ3) is 4.66. The Morgan fingerprint density at radius 3 is 2.04 bits per heavy atom. The number of carbonyl (C=O) groups excluding carboxylic acids is 2. The van der Waals surface area contributed by atoms with E-state index < -0.39 is 11.8 Å². The molecule has 0 aliphatic heterocycles. The average Bonchev–Trinajstić information content (AvgIpc) is 2.68. The summed E-state index contributed by atoms with van der Waals surface area (Å²) >= 11 is 0. The molecule has 26 heavy (non-hydrogen) atoms. The van der Waals surface area contributed by atoms with Crippen molar-refractivity contribution in [3.63, 3.8) is 0 Å². The number of rotatable bonds is 6. The lowest BCUT2D eigenvalue weighted by molar-refractivity contribution is -0.136. The number of nitrogens with one attached hydrogen (secondary N) is 2. The van der Waals surface area contributed by atoms with E-state index in [1.165, 1.54) is 14.2 Å². The molecule has 0 aliphatic carbocycles. The largest absolute Gasteiger partial charge is 0.497 e. The topological polar surface area (TPSA) is 85.9 Å². The SMILES string of the molecule is COc1ccc([C@@H](C)NC(=O)C(=O)Nc2ccc(OC)cc2OC)cc1. The molecule has 2 amide bonds. The van der Waals surface area contributed by atoms with Gasteiger partial charge in [-0.25, -0.2) is 0 Å². The number of anilines is 1. The first-order valence-corrected chi connectivity index (χ1v) is 7.96. The predicted octanol–water partition coefficient (Wildman–Crippen LogP) is 2.53. The van der Waals surface area contributed by atoms with Gasteiger partial charge in [0, 0.05) is 6.07 Å². The Hall–Kier alpha value is -3.22. The molecule has 7 nitrogen and oxygen atoms in total. The van der Waals surface area contributed by atoms with Gasteiger partial charge in [-0.2, -0.15) is 0 Å². The van der Waals surface area contributed by atoms with Gasteiger partial charge in [-0.05, 0) is 36.8 Å². The summed E-state index contributed by atoms with van der Waals surface area (Å²) in [4.78, 5) is 24.3. The first kappa shape index (κ1) is 19.1. The van der Waals surface area contributed by atoms with Crippen LogP contribution in [0.15, 0.2) is 42.5 Å². The number of ether oxygens (including phenoxy) is 3. The summed E-state index contributed by atoms with van der Waals surface area (Å²) in [5.74, 6) is 0.169. The molecule has 2 aromatic rings. The summed E-state index contributed by atoms with van der Waals surface area (Å²) in [5.41, 5.74) is 1.24. The quantitative estimate of drug-likeness (QED) is 0.775. The van der Waals surface area contributed by atoms with Gasteiger partial charge in [-0.1, -0.05) is 12.1 Å². The van der Waals surface area contributed by atoms with Gasteiger partial charge in [0.15, 0.2) is 0 Å². The molecule has 0 aromatic heterocycles. The maximum atomic E-state index is 12.2. The van der Waals surface area contributed by atoms with Crippen LogP contribution in [0, 0.1) is 0 Å². The predicted molar refractivity (Wildman–Crippen MR) is 97.7 cm³/mol. The van der Waals surface area contributed by atoms with E-state index in [1.807, 2.05) is 12.1 Å². The van der Waals surface area contributed by atoms with Crippen LogP contribution in [-0.4, -0.2) is 33.1 Å². The van der Waals surface area contributed by atoms with E-state index in [1.54, 1.807) is 44.4 Å². The normalized spacial score (nSPS) is 11.2. The number of hydrogen-bond acceptors (Lipinski definition) is 5. The molecule has 1 atom stereocenters. The number of methoxy groups -OCH3 is 3. The zero-order valence-corrected chi connectivity index (χ0v) is 15.2. The van der Waals surface area contributed by atoms with Gasteiger partial charge >= 0.3 is 11.8 Å². The summed E-state index contributed by atoms with van der Waals surface area (Å²) in [5, 5.41) is 5.19. The van der Waals surface area contributed by atoms with Crippen molar-refractivity contribution in [1.82, 2.24) is 5.32 Å². The molecule has 0 aliphatic rings. The molecule has 0 radical (unpaired) electrons. The van der Waals surface area contributed by atoms with Crippen LogP contribution in [0.5, 0.6) is 17.2 Å². The first-order valence-electron chi connectivity index (χ1n) is 7.96. The van der Waals surface area contributed by atoms with Crippen LogP contribution in [0.1, 0.15) is 18.5 Å². The van der Waals surface area contributed by atoms with Crippen molar-refractivity contribution in [1.29, 1.82) is 0 Å². The minimum atomic E-state index is -0.783. The Balaban J connectivity index is 2.01. The maximum absolute atomic E-state index is 12.2. The minimum Gasteiger partial charge on any atom is -0.497 e. The van der Waals surface area contributed by atoms with Crippen LogP contribution in [0.3, 0.4) is 0 Å². The van der Waals surface area contributed by atoms with Crippen molar-refractivity contribution < 1.29 is 23.8 Å². The summed E-state index contributed by atoms with van der Waals surface area (Å²) in [7, 11) is 4.58. The fraction of sp³-hybridized carbons (Fsp3) is 0.263. The number of benzene rings is 2. The van der Waals surface area contributed by atoms with Gasteiger partial charge in [0.2, 0.25) is 0 Å². The molecule has 138 valence electrons. The Morgan fingerprint density at radius 1 is 0.846 bits per heavy atom. The van der Waals surface area contributed by atoms with Crippen molar-refractivity contribution in [2.24, 2.45) is 0 Å². The molecule has 2 aromatic carbocycles. The van der Waals surface area contributed by atoms with Crippen LogP contribution in [0.2, 0.25) is 0 Å². The first-order chi connectivity index (χ1) is 12.5. The second kappa shape index (κ2) is 8.75. The number of amides is 2. The highest BCUT2D eigenvalue weighted by Crippen LogP contribution is 2.29. The summed E-state index contributed by atoms with van der Waals surface area (Å²) in [6.07, 6.45) is 0. The van der Waals surface area contributed by atoms with Gasteiger partial charge in [0.25, 0.3) is 0 Å². The van der Waals surface area contributed by atoms with Crippen LogP contribution in [0.4, 0.5) is 5.69 Å². The van der Waals surface area contributed by atoms with Crippen LogP contribution in [0.25, 0.3) is 0 Å². The van der Waals surface area contributed by atoms with Gasteiger partial charge in [-0.15, -0.1) is 0 Å². The molecular weight excluding hydrogens is 336 g/mol. The van der Waals surface area contributed by atoms with Gasteiger partial charge in [0.05, 0.1) is 33.1 Å². The average molecular weight is 358 g/mol. The minimum absolute atomic E-state index is 0.336. The molecule has 7 heteroatoms. The molecule has 0 fully saturated rings. The molecule has 2 N–H and O–H groups in total. The fourth-order valence-electron chi connectivity index (χ4n) is 2.32. The van der Waals surface area contributed by atoms with E-state index in [0.29, 0.717) is 17.2 Å². The number of hydrogen-bond donors (Lipinski definition) is 2.